The van der Waals surface area contributed by atoms with Crippen LogP contribution in [0.1, 0.15) is 17.2 Å². The van der Waals surface area contributed by atoms with E-state index in [0.29, 0.717) is 12.1 Å². The number of hydrogen-bond acceptors (Lipinski definition) is 3. The first-order valence-corrected chi connectivity index (χ1v) is 6.55. The highest BCUT2D eigenvalue weighted by Crippen LogP contribution is 2.18. The molecule has 0 radical (unpaired) electrons. The van der Waals surface area contributed by atoms with Crippen molar-refractivity contribution in [1.29, 1.82) is 0 Å². The predicted molar refractivity (Wildman–Crippen MR) is 75.8 cm³/mol. The number of nitrogens with zero attached hydrogens (tertiary/aromatic N) is 1. The quantitative estimate of drug-likeness (QED) is 0.891. The molecule has 0 aliphatic heterocycles. The summed E-state index contributed by atoms with van der Waals surface area (Å²) in [6.45, 7) is 0.788. The summed E-state index contributed by atoms with van der Waals surface area (Å²) in [5.41, 5.74) is 1.23. The fraction of sp³-hybridized carbons (Fsp3) is 0.250. The van der Waals surface area contributed by atoms with Gasteiger partial charge >= 0.3 is 0 Å². The van der Waals surface area contributed by atoms with E-state index in [1.165, 1.54) is 6.07 Å². The van der Waals surface area contributed by atoms with Gasteiger partial charge in [0.2, 0.25) is 0 Å². The Morgan fingerprint density at radius 2 is 1.86 bits per heavy atom. The Labute approximate surface area is 122 Å². The highest BCUT2D eigenvalue weighted by atomic mass is 19.2. The summed E-state index contributed by atoms with van der Waals surface area (Å²) in [5, 5.41) is 19.5. The highest BCUT2D eigenvalue weighted by Gasteiger charge is 2.13. The number of phenolic OH excluding ortho intramolecular Hbond substituents is 1. The highest BCUT2D eigenvalue weighted by molar-refractivity contribution is 5.27. The van der Waals surface area contributed by atoms with Crippen molar-refractivity contribution < 1.29 is 19.0 Å². The number of aliphatic hydroxyl groups excluding tert-OH is 1. The van der Waals surface area contributed by atoms with E-state index in [1.54, 1.807) is 25.2 Å². The number of rotatable bonds is 5. The van der Waals surface area contributed by atoms with Gasteiger partial charge in [0.25, 0.3) is 0 Å². The molecule has 0 spiro atoms. The summed E-state index contributed by atoms with van der Waals surface area (Å²) in [7, 11) is 1.80. The molecular weight excluding hydrogens is 276 g/mol. The lowest BCUT2D eigenvalue weighted by Crippen LogP contribution is -2.24. The Balaban J connectivity index is 1.98. The molecule has 21 heavy (non-hydrogen) atoms. The van der Waals surface area contributed by atoms with E-state index in [-0.39, 0.29) is 12.3 Å². The van der Waals surface area contributed by atoms with Crippen LogP contribution in [0.4, 0.5) is 8.78 Å². The number of likely N-dealkylation sites (N-methyl/N-ethyl adjacent to an activating group) is 1. The lowest BCUT2D eigenvalue weighted by molar-refractivity contribution is 0.123. The minimum absolute atomic E-state index is 0.182. The van der Waals surface area contributed by atoms with Gasteiger partial charge in [0.05, 0.1) is 6.10 Å². The monoisotopic (exact) mass is 293 g/mol. The SMILES string of the molecule is CN(Cc1cccc(O)c1)CC(O)c1ccc(F)c(F)c1. The zero-order valence-electron chi connectivity index (χ0n) is 11.6. The van der Waals surface area contributed by atoms with Crippen molar-refractivity contribution in [3.05, 3.63) is 65.2 Å². The Morgan fingerprint density at radius 1 is 1.10 bits per heavy atom. The molecule has 0 aromatic heterocycles. The van der Waals surface area contributed by atoms with Gasteiger partial charge in [0, 0.05) is 13.1 Å². The average molecular weight is 293 g/mol. The topological polar surface area (TPSA) is 43.7 Å². The van der Waals surface area contributed by atoms with Crippen LogP contribution in [0.2, 0.25) is 0 Å². The van der Waals surface area contributed by atoms with Crippen LogP contribution >= 0.6 is 0 Å². The van der Waals surface area contributed by atoms with Crippen molar-refractivity contribution in [2.24, 2.45) is 0 Å². The maximum atomic E-state index is 13.1. The third-order valence-corrected chi connectivity index (χ3v) is 3.18. The number of halogens is 2. The molecule has 1 unspecified atom stereocenters. The number of hydrogen-bond donors (Lipinski definition) is 2. The summed E-state index contributed by atoms with van der Waals surface area (Å²) in [4.78, 5) is 1.83. The molecule has 5 heteroatoms. The summed E-state index contributed by atoms with van der Waals surface area (Å²) in [6, 6.07) is 10.2. The van der Waals surface area contributed by atoms with Crippen LogP contribution in [-0.2, 0) is 6.54 Å². The van der Waals surface area contributed by atoms with E-state index in [4.69, 9.17) is 0 Å². The molecule has 0 saturated heterocycles. The second kappa shape index (κ2) is 6.65. The fourth-order valence-electron chi connectivity index (χ4n) is 2.15. The maximum absolute atomic E-state index is 13.1. The molecule has 112 valence electrons. The van der Waals surface area contributed by atoms with Crippen LogP contribution in [0.5, 0.6) is 5.75 Å². The van der Waals surface area contributed by atoms with E-state index in [9.17, 15) is 19.0 Å². The number of aliphatic hydroxyl groups is 1. The molecule has 0 aliphatic rings. The molecule has 2 aromatic carbocycles. The van der Waals surface area contributed by atoms with E-state index < -0.39 is 17.7 Å². The van der Waals surface area contributed by atoms with E-state index >= 15 is 0 Å². The second-order valence-corrected chi connectivity index (χ2v) is 5.06. The molecule has 0 bridgehead atoms. The molecule has 2 aromatic rings. The normalized spacial score (nSPS) is 12.6. The van der Waals surface area contributed by atoms with E-state index in [0.717, 1.165) is 17.7 Å². The van der Waals surface area contributed by atoms with Crippen molar-refractivity contribution in [3.8, 4) is 5.75 Å². The summed E-state index contributed by atoms with van der Waals surface area (Å²) in [5.74, 6) is -1.72. The fourth-order valence-corrected chi connectivity index (χ4v) is 2.15. The van der Waals surface area contributed by atoms with Gasteiger partial charge in [0.1, 0.15) is 5.75 Å². The standard InChI is InChI=1S/C16H17F2NO2/c1-19(9-11-3-2-4-13(20)7-11)10-16(21)12-5-6-14(17)15(18)8-12/h2-8,16,20-21H,9-10H2,1H3. The summed E-state index contributed by atoms with van der Waals surface area (Å²) < 4.78 is 26.0. The van der Waals surface area contributed by atoms with E-state index in [2.05, 4.69) is 0 Å². The van der Waals surface area contributed by atoms with Gasteiger partial charge in [-0.15, -0.1) is 0 Å². The molecule has 0 fully saturated rings. The van der Waals surface area contributed by atoms with E-state index in [1.807, 2.05) is 11.0 Å². The molecular formula is C16H17F2NO2. The minimum atomic E-state index is -0.970. The third-order valence-electron chi connectivity index (χ3n) is 3.18. The summed E-state index contributed by atoms with van der Waals surface area (Å²) in [6.07, 6.45) is -0.914. The van der Waals surface area contributed by atoms with Crippen molar-refractivity contribution >= 4 is 0 Å². The van der Waals surface area contributed by atoms with Gasteiger partial charge in [-0.1, -0.05) is 18.2 Å². The first-order chi connectivity index (χ1) is 9.95. The van der Waals surface area contributed by atoms with Gasteiger partial charge in [-0.3, -0.25) is 4.90 Å². The maximum Gasteiger partial charge on any atom is 0.159 e. The first kappa shape index (κ1) is 15.4. The molecule has 0 saturated carbocycles. The second-order valence-electron chi connectivity index (χ2n) is 5.06. The zero-order chi connectivity index (χ0) is 15.4. The van der Waals surface area contributed by atoms with Crippen molar-refractivity contribution in [2.45, 2.75) is 12.6 Å². The van der Waals surface area contributed by atoms with Gasteiger partial charge < -0.3 is 10.2 Å². The van der Waals surface area contributed by atoms with Gasteiger partial charge in [-0.05, 0) is 42.4 Å². The van der Waals surface area contributed by atoms with Crippen LogP contribution in [0, 0.1) is 11.6 Å². The molecule has 2 rings (SSSR count). The number of phenols is 1. The van der Waals surface area contributed by atoms with Crippen LogP contribution in [0.15, 0.2) is 42.5 Å². The smallest absolute Gasteiger partial charge is 0.159 e. The van der Waals surface area contributed by atoms with Gasteiger partial charge in [-0.2, -0.15) is 0 Å². The van der Waals surface area contributed by atoms with Crippen LogP contribution in [0.3, 0.4) is 0 Å². The van der Waals surface area contributed by atoms with Crippen LogP contribution < -0.4 is 0 Å². The first-order valence-electron chi connectivity index (χ1n) is 6.55. The molecule has 3 nitrogen and oxygen atoms in total. The molecule has 0 aliphatic carbocycles. The minimum Gasteiger partial charge on any atom is -0.508 e. The molecule has 0 heterocycles. The van der Waals surface area contributed by atoms with Gasteiger partial charge in [0.15, 0.2) is 11.6 Å². The Kier molecular flexibility index (Phi) is 4.88. The summed E-state index contributed by atoms with van der Waals surface area (Å²) >= 11 is 0. The lowest BCUT2D eigenvalue weighted by atomic mass is 10.1. The molecule has 2 N–H and O–H groups in total. The number of benzene rings is 2. The predicted octanol–water partition coefficient (Wildman–Crippen LogP) is 2.84. The Hall–Kier alpha value is -1.98. The van der Waals surface area contributed by atoms with Crippen molar-refractivity contribution in [2.75, 3.05) is 13.6 Å². The van der Waals surface area contributed by atoms with Gasteiger partial charge in [-0.25, -0.2) is 8.78 Å². The number of aromatic hydroxyl groups is 1. The van der Waals surface area contributed by atoms with Crippen molar-refractivity contribution in [3.63, 3.8) is 0 Å². The largest absolute Gasteiger partial charge is 0.508 e. The Morgan fingerprint density at radius 3 is 2.52 bits per heavy atom. The third kappa shape index (κ3) is 4.24. The van der Waals surface area contributed by atoms with Crippen molar-refractivity contribution in [1.82, 2.24) is 4.90 Å². The molecule has 1 atom stereocenters. The molecule has 0 amide bonds. The lowest BCUT2D eigenvalue weighted by Gasteiger charge is -2.21. The van der Waals surface area contributed by atoms with Crippen LogP contribution in [-0.4, -0.2) is 28.7 Å². The average Bonchev–Trinajstić information content (AvgIpc) is 2.41. The van der Waals surface area contributed by atoms with Crippen LogP contribution in [0.25, 0.3) is 0 Å². The zero-order valence-corrected chi connectivity index (χ0v) is 11.6. The Bertz CT molecular complexity index is 619.